The van der Waals surface area contributed by atoms with Crippen molar-refractivity contribution in [2.45, 2.75) is 25.8 Å². The molecule has 7 nitrogen and oxygen atoms in total. The summed E-state index contributed by atoms with van der Waals surface area (Å²) < 4.78 is 5.41. The lowest BCUT2D eigenvalue weighted by Crippen LogP contribution is -2.46. The minimum absolute atomic E-state index is 0.107. The number of carbonyl (C=O) groups excluding carboxylic acids is 1. The highest BCUT2D eigenvalue weighted by Gasteiger charge is 2.37. The van der Waals surface area contributed by atoms with Crippen LogP contribution in [0.5, 0.6) is 0 Å². The van der Waals surface area contributed by atoms with Crippen molar-refractivity contribution < 1.29 is 9.21 Å². The number of pyridine rings is 1. The fourth-order valence-electron chi connectivity index (χ4n) is 4.92. The third-order valence-corrected chi connectivity index (χ3v) is 6.62. The van der Waals surface area contributed by atoms with Crippen LogP contribution >= 0.6 is 0 Å². The maximum atomic E-state index is 13.7. The van der Waals surface area contributed by atoms with Gasteiger partial charge in [0, 0.05) is 35.9 Å². The van der Waals surface area contributed by atoms with Gasteiger partial charge in [0.2, 0.25) is 0 Å². The van der Waals surface area contributed by atoms with Gasteiger partial charge in [0.25, 0.3) is 0 Å². The van der Waals surface area contributed by atoms with Crippen molar-refractivity contribution in [3.05, 3.63) is 78.8 Å². The Morgan fingerprint density at radius 2 is 1.85 bits per heavy atom. The Balaban J connectivity index is 1.37. The lowest BCUT2D eigenvalue weighted by Gasteiger charge is -2.31. The largest absolute Gasteiger partial charge is 0.444 e. The van der Waals surface area contributed by atoms with Gasteiger partial charge >= 0.3 is 6.03 Å². The van der Waals surface area contributed by atoms with Crippen molar-refractivity contribution in [2.24, 2.45) is 0 Å². The van der Waals surface area contributed by atoms with Gasteiger partial charge in [-0.25, -0.2) is 14.8 Å². The van der Waals surface area contributed by atoms with E-state index in [4.69, 9.17) is 9.40 Å². The zero-order chi connectivity index (χ0) is 23.1. The van der Waals surface area contributed by atoms with E-state index in [0.29, 0.717) is 11.4 Å². The molecule has 3 aliphatic heterocycles. The molecule has 0 saturated carbocycles. The standard InChI is InChI=1S/C27H25N5O2/c1-18-4-2-5-19(14-18)23-8-9-24-26(30-23)32(22-10-12-31(24)13-11-22)27(33)29-21-7-3-6-20(15-21)25-16-28-17-34-25/h2-9,14-17,22H,10-13H2,1H3,(H,29,33). The van der Waals surface area contributed by atoms with E-state index in [9.17, 15) is 4.79 Å². The second kappa shape index (κ2) is 8.33. The van der Waals surface area contributed by atoms with Gasteiger partial charge in [-0.15, -0.1) is 0 Å². The molecule has 2 bridgehead atoms. The molecule has 170 valence electrons. The molecule has 2 aromatic heterocycles. The monoisotopic (exact) mass is 451 g/mol. The summed E-state index contributed by atoms with van der Waals surface area (Å²) >= 11 is 0. The molecule has 34 heavy (non-hydrogen) atoms. The Kier molecular flexibility index (Phi) is 5.02. The molecule has 0 unspecified atom stereocenters. The number of benzene rings is 2. The molecule has 0 aliphatic carbocycles. The number of piperidine rings is 1. The zero-order valence-electron chi connectivity index (χ0n) is 18.9. The number of oxazole rings is 1. The number of carbonyl (C=O) groups is 1. The number of urea groups is 1. The molecular weight excluding hydrogens is 426 g/mol. The Hall–Kier alpha value is -4.13. The van der Waals surface area contributed by atoms with Crippen LogP contribution in [0, 0.1) is 6.92 Å². The van der Waals surface area contributed by atoms with Crippen LogP contribution in [0.4, 0.5) is 22.0 Å². The van der Waals surface area contributed by atoms with Gasteiger partial charge in [0.05, 0.1) is 17.6 Å². The first kappa shape index (κ1) is 20.5. The molecule has 2 amide bonds. The van der Waals surface area contributed by atoms with E-state index in [1.807, 2.05) is 35.2 Å². The van der Waals surface area contributed by atoms with Crippen molar-refractivity contribution in [3.8, 4) is 22.6 Å². The van der Waals surface area contributed by atoms with Crippen molar-refractivity contribution in [1.29, 1.82) is 0 Å². The molecule has 2 aromatic carbocycles. The van der Waals surface area contributed by atoms with Crippen molar-refractivity contribution in [3.63, 3.8) is 0 Å². The predicted molar refractivity (Wildman–Crippen MR) is 133 cm³/mol. The van der Waals surface area contributed by atoms with Crippen LogP contribution in [-0.2, 0) is 0 Å². The van der Waals surface area contributed by atoms with Crippen LogP contribution in [0.25, 0.3) is 22.6 Å². The van der Waals surface area contributed by atoms with Crippen LogP contribution in [-0.4, -0.2) is 35.1 Å². The quantitative estimate of drug-likeness (QED) is 0.430. The molecule has 1 fully saturated rings. The van der Waals surface area contributed by atoms with Gasteiger partial charge in [-0.1, -0.05) is 35.9 Å². The summed E-state index contributed by atoms with van der Waals surface area (Å²) in [5.41, 5.74) is 5.68. The molecule has 0 spiro atoms. The van der Waals surface area contributed by atoms with Crippen LogP contribution in [0.3, 0.4) is 0 Å². The molecule has 4 aromatic rings. The third-order valence-electron chi connectivity index (χ3n) is 6.62. The number of rotatable bonds is 3. The Morgan fingerprint density at radius 3 is 2.65 bits per heavy atom. The van der Waals surface area contributed by atoms with Crippen LogP contribution in [0.15, 0.2) is 77.7 Å². The minimum atomic E-state index is -0.168. The van der Waals surface area contributed by atoms with Crippen LogP contribution < -0.4 is 15.1 Å². The first-order valence-corrected chi connectivity index (χ1v) is 11.6. The summed E-state index contributed by atoms with van der Waals surface area (Å²) in [7, 11) is 0. The Morgan fingerprint density at radius 1 is 1.03 bits per heavy atom. The lowest BCUT2D eigenvalue weighted by molar-refractivity contribution is 0.253. The molecule has 1 N–H and O–H groups in total. The highest BCUT2D eigenvalue weighted by atomic mass is 16.3. The third kappa shape index (κ3) is 3.69. The number of aromatic nitrogens is 2. The molecule has 3 aliphatic rings. The van der Waals surface area contributed by atoms with E-state index in [2.05, 4.69) is 52.5 Å². The summed E-state index contributed by atoms with van der Waals surface area (Å²) in [6.45, 7) is 3.92. The number of nitrogens with zero attached hydrogens (tertiary/aromatic N) is 4. The fourth-order valence-corrected chi connectivity index (χ4v) is 4.92. The fraction of sp³-hybridized carbons (Fsp3) is 0.222. The number of nitrogens with one attached hydrogen (secondary N) is 1. The van der Waals surface area contributed by atoms with Crippen molar-refractivity contribution in [1.82, 2.24) is 9.97 Å². The van der Waals surface area contributed by atoms with Gasteiger partial charge in [0.1, 0.15) is 0 Å². The normalized spacial score (nSPS) is 15.2. The van der Waals surface area contributed by atoms with E-state index in [-0.39, 0.29) is 12.1 Å². The second-order valence-corrected chi connectivity index (χ2v) is 8.87. The van der Waals surface area contributed by atoms with E-state index < -0.39 is 0 Å². The van der Waals surface area contributed by atoms with E-state index >= 15 is 0 Å². The molecule has 7 rings (SSSR count). The average Bonchev–Trinajstić information content (AvgIpc) is 3.30. The predicted octanol–water partition coefficient (Wildman–Crippen LogP) is 5.73. The lowest BCUT2D eigenvalue weighted by atomic mass is 10.1. The first-order valence-electron chi connectivity index (χ1n) is 11.6. The summed E-state index contributed by atoms with van der Waals surface area (Å²) in [5, 5.41) is 3.10. The topological polar surface area (TPSA) is 74.5 Å². The van der Waals surface area contributed by atoms with Crippen LogP contribution in [0.2, 0.25) is 0 Å². The Labute approximate surface area is 198 Å². The van der Waals surface area contributed by atoms with Crippen molar-refractivity contribution >= 4 is 23.2 Å². The number of anilines is 3. The van der Waals surface area contributed by atoms with Gasteiger partial charge in [-0.2, -0.15) is 0 Å². The summed E-state index contributed by atoms with van der Waals surface area (Å²) in [5.74, 6) is 1.38. The second-order valence-electron chi connectivity index (χ2n) is 8.87. The Bertz CT molecular complexity index is 1340. The minimum Gasteiger partial charge on any atom is -0.444 e. The van der Waals surface area contributed by atoms with Gasteiger partial charge in [-0.3, -0.25) is 4.90 Å². The highest BCUT2D eigenvalue weighted by Crippen LogP contribution is 2.39. The number of fused-ring (bicyclic) bond motifs is 2. The highest BCUT2D eigenvalue weighted by molar-refractivity contribution is 6.04. The van der Waals surface area contributed by atoms with Gasteiger partial charge in [-0.05, 0) is 50.1 Å². The first-order chi connectivity index (χ1) is 16.7. The summed E-state index contributed by atoms with van der Waals surface area (Å²) in [4.78, 5) is 26.9. The number of hydrogen-bond donors (Lipinski definition) is 1. The van der Waals surface area contributed by atoms with E-state index in [0.717, 1.165) is 54.3 Å². The smallest absolute Gasteiger partial charge is 0.327 e. The maximum Gasteiger partial charge on any atom is 0.327 e. The molecule has 5 heterocycles. The van der Waals surface area contributed by atoms with E-state index in [1.54, 1.807) is 6.20 Å². The molecular formula is C27H25N5O2. The number of hydrogen-bond acceptors (Lipinski definition) is 5. The number of amides is 2. The summed E-state index contributed by atoms with van der Waals surface area (Å²) in [6.07, 6.45) is 4.90. The zero-order valence-corrected chi connectivity index (χ0v) is 18.9. The van der Waals surface area contributed by atoms with Crippen LogP contribution in [0.1, 0.15) is 18.4 Å². The molecule has 7 heteroatoms. The van der Waals surface area contributed by atoms with E-state index in [1.165, 1.54) is 12.0 Å². The SMILES string of the molecule is Cc1cccc(-c2ccc3c(n2)N(C(=O)Nc2cccc(-c4cnco4)c2)C2CCN3CC2)c1. The molecule has 0 radical (unpaired) electrons. The van der Waals surface area contributed by atoms with Gasteiger partial charge in [0.15, 0.2) is 18.0 Å². The number of aryl methyl sites for hydroxylation is 1. The molecule has 1 saturated heterocycles. The van der Waals surface area contributed by atoms with Gasteiger partial charge < -0.3 is 14.6 Å². The average molecular weight is 452 g/mol. The van der Waals surface area contributed by atoms with Crippen molar-refractivity contribution in [2.75, 3.05) is 28.2 Å². The maximum absolute atomic E-state index is 13.7. The summed E-state index contributed by atoms with van der Waals surface area (Å²) in [6, 6.07) is 20.0. The molecule has 0 atom stereocenters.